The van der Waals surface area contributed by atoms with Crippen LogP contribution >= 0.6 is 0 Å². The zero-order valence-electron chi connectivity index (χ0n) is 11.4. The first-order chi connectivity index (χ1) is 8.43. The normalized spacial score (nSPS) is 14.6. The van der Waals surface area contributed by atoms with E-state index >= 15 is 0 Å². The van der Waals surface area contributed by atoms with Crippen molar-refractivity contribution in [2.45, 2.75) is 52.8 Å². The summed E-state index contributed by atoms with van der Waals surface area (Å²) < 4.78 is 1.44. The number of rotatable bonds is 6. The second kappa shape index (κ2) is 6.49. The highest BCUT2D eigenvalue weighted by atomic mass is 16.3. The lowest BCUT2D eigenvalue weighted by atomic mass is 10.1. The molecule has 0 saturated carbocycles. The molecule has 1 aromatic rings. The van der Waals surface area contributed by atoms with Crippen LogP contribution in [0.3, 0.4) is 0 Å². The maximum atomic E-state index is 11.7. The molecule has 0 spiro atoms. The van der Waals surface area contributed by atoms with Gasteiger partial charge in [-0.15, -0.1) is 5.10 Å². The van der Waals surface area contributed by atoms with Gasteiger partial charge in [0.25, 0.3) is 0 Å². The first-order valence-electron chi connectivity index (χ1n) is 6.31. The van der Waals surface area contributed by atoms with Crippen LogP contribution in [0.5, 0.6) is 0 Å². The van der Waals surface area contributed by atoms with Crippen molar-refractivity contribution in [2.24, 2.45) is 5.92 Å². The number of hydrogen-bond acceptors (Lipinski definition) is 4. The molecule has 2 unspecified atom stereocenters. The van der Waals surface area contributed by atoms with Crippen LogP contribution in [0.1, 0.15) is 45.9 Å². The second-order valence-corrected chi connectivity index (χ2v) is 4.87. The summed E-state index contributed by atoms with van der Waals surface area (Å²) in [5, 5.41) is 20.1. The van der Waals surface area contributed by atoms with Crippen LogP contribution in [0.15, 0.2) is 6.20 Å². The average Bonchev–Trinajstić information content (AvgIpc) is 2.76. The number of aliphatic hydroxyl groups excluding tert-OH is 1. The van der Waals surface area contributed by atoms with Crippen LogP contribution in [-0.4, -0.2) is 32.0 Å². The summed E-state index contributed by atoms with van der Waals surface area (Å²) in [5.41, 5.74) is 0.502. The largest absolute Gasteiger partial charge is 0.387 e. The van der Waals surface area contributed by atoms with Gasteiger partial charge in [0.05, 0.1) is 12.3 Å². The molecule has 1 rings (SSSR count). The van der Waals surface area contributed by atoms with Gasteiger partial charge in [0.1, 0.15) is 12.2 Å². The fourth-order valence-corrected chi connectivity index (χ4v) is 1.37. The molecular weight excluding hydrogens is 232 g/mol. The molecule has 102 valence electrons. The van der Waals surface area contributed by atoms with Gasteiger partial charge >= 0.3 is 0 Å². The Morgan fingerprint density at radius 1 is 1.50 bits per heavy atom. The van der Waals surface area contributed by atoms with Gasteiger partial charge in [0, 0.05) is 6.04 Å². The summed E-state index contributed by atoms with van der Waals surface area (Å²) >= 11 is 0. The number of carbonyl (C=O) groups is 1. The van der Waals surface area contributed by atoms with Gasteiger partial charge in [-0.2, -0.15) is 0 Å². The number of hydrogen-bond donors (Lipinski definition) is 2. The summed E-state index contributed by atoms with van der Waals surface area (Å²) in [4.78, 5) is 11.7. The Hall–Kier alpha value is -1.43. The molecule has 0 aliphatic rings. The number of amides is 1. The SMILES string of the molecule is CCC(O)c1cn(CC(=O)NC(C)C(C)C)nn1. The monoisotopic (exact) mass is 254 g/mol. The Morgan fingerprint density at radius 3 is 2.72 bits per heavy atom. The van der Waals surface area contributed by atoms with Gasteiger partial charge in [-0.1, -0.05) is 26.0 Å². The van der Waals surface area contributed by atoms with Crippen LogP contribution in [0.2, 0.25) is 0 Å². The van der Waals surface area contributed by atoms with Gasteiger partial charge < -0.3 is 10.4 Å². The number of nitrogens with zero attached hydrogens (tertiary/aromatic N) is 3. The fourth-order valence-electron chi connectivity index (χ4n) is 1.37. The molecular formula is C12H22N4O2. The lowest BCUT2D eigenvalue weighted by molar-refractivity contribution is -0.122. The minimum Gasteiger partial charge on any atom is -0.387 e. The van der Waals surface area contributed by atoms with E-state index in [4.69, 9.17) is 0 Å². The van der Waals surface area contributed by atoms with Crippen LogP contribution in [0.4, 0.5) is 0 Å². The molecule has 0 bridgehead atoms. The lowest BCUT2D eigenvalue weighted by Crippen LogP contribution is -2.38. The smallest absolute Gasteiger partial charge is 0.242 e. The average molecular weight is 254 g/mol. The van der Waals surface area contributed by atoms with E-state index in [1.807, 2.05) is 13.8 Å². The highest BCUT2D eigenvalue weighted by Crippen LogP contribution is 2.11. The molecule has 1 aromatic heterocycles. The Labute approximate surface area is 107 Å². The summed E-state index contributed by atoms with van der Waals surface area (Å²) in [6, 6.07) is 0.127. The van der Waals surface area contributed by atoms with E-state index in [0.29, 0.717) is 18.0 Å². The van der Waals surface area contributed by atoms with E-state index in [9.17, 15) is 9.90 Å². The van der Waals surface area contributed by atoms with Gasteiger partial charge in [-0.25, -0.2) is 4.68 Å². The standard InChI is InChI=1S/C12H22N4O2/c1-5-11(17)10-6-16(15-14-10)7-12(18)13-9(4)8(2)3/h6,8-9,11,17H,5,7H2,1-4H3,(H,13,18). The molecule has 1 amide bonds. The summed E-state index contributed by atoms with van der Waals surface area (Å²) in [5.74, 6) is 0.292. The van der Waals surface area contributed by atoms with E-state index in [-0.39, 0.29) is 18.5 Å². The molecule has 2 N–H and O–H groups in total. The molecule has 0 fully saturated rings. The van der Waals surface area contributed by atoms with Gasteiger partial charge in [-0.3, -0.25) is 4.79 Å². The topological polar surface area (TPSA) is 80.0 Å². The molecule has 0 aliphatic heterocycles. The summed E-state index contributed by atoms with van der Waals surface area (Å²) in [7, 11) is 0. The fraction of sp³-hybridized carbons (Fsp3) is 0.750. The third kappa shape index (κ3) is 4.10. The summed E-state index contributed by atoms with van der Waals surface area (Å²) in [6.07, 6.45) is 1.57. The van der Waals surface area contributed by atoms with E-state index in [1.54, 1.807) is 6.20 Å². The van der Waals surface area contributed by atoms with Gasteiger partial charge in [0.2, 0.25) is 5.91 Å². The molecule has 0 saturated heterocycles. The molecule has 0 aliphatic carbocycles. The predicted octanol–water partition coefficient (Wildman–Crippen LogP) is 0.882. The van der Waals surface area contributed by atoms with Crippen molar-refractivity contribution in [3.63, 3.8) is 0 Å². The van der Waals surface area contributed by atoms with Crippen molar-refractivity contribution in [3.05, 3.63) is 11.9 Å². The van der Waals surface area contributed by atoms with E-state index in [0.717, 1.165) is 0 Å². The van der Waals surface area contributed by atoms with Crippen molar-refractivity contribution in [1.82, 2.24) is 20.3 Å². The van der Waals surface area contributed by atoms with Crippen molar-refractivity contribution >= 4 is 5.91 Å². The van der Waals surface area contributed by atoms with Crippen LogP contribution in [0.25, 0.3) is 0 Å². The van der Waals surface area contributed by atoms with E-state index in [2.05, 4.69) is 29.5 Å². The summed E-state index contributed by atoms with van der Waals surface area (Å²) in [6.45, 7) is 8.06. The van der Waals surface area contributed by atoms with Crippen molar-refractivity contribution in [1.29, 1.82) is 0 Å². The van der Waals surface area contributed by atoms with Crippen LogP contribution < -0.4 is 5.32 Å². The van der Waals surface area contributed by atoms with Crippen molar-refractivity contribution in [3.8, 4) is 0 Å². The van der Waals surface area contributed by atoms with Gasteiger partial charge in [0.15, 0.2) is 0 Å². The molecule has 0 aromatic carbocycles. The Bertz CT molecular complexity index is 389. The van der Waals surface area contributed by atoms with E-state index in [1.165, 1.54) is 4.68 Å². The van der Waals surface area contributed by atoms with Crippen LogP contribution in [-0.2, 0) is 11.3 Å². The molecule has 2 atom stereocenters. The third-order valence-corrected chi connectivity index (χ3v) is 2.98. The first-order valence-corrected chi connectivity index (χ1v) is 6.31. The maximum Gasteiger partial charge on any atom is 0.242 e. The Kier molecular flexibility index (Phi) is 5.27. The predicted molar refractivity (Wildman–Crippen MR) is 67.7 cm³/mol. The Balaban J connectivity index is 2.52. The van der Waals surface area contributed by atoms with Crippen molar-refractivity contribution < 1.29 is 9.90 Å². The quantitative estimate of drug-likeness (QED) is 0.790. The number of nitrogens with one attached hydrogen (secondary N) is 1. The van der Waals surface area contributed by atoms with E-state index < -0.39 is 6.10 Å². The highest BCUT2D eigenvalue weighted by molar-refractivity contribution is 5.75. The van der Waals surface area contributed by atoms with Crippen LogP contribution in [0, 0.1) is 5.92 Å². The Morgan fingerprint density at radius 2 is 2.17 bits per heavy atom. The molecule has 6 heteroatoms. The minimum atomic E-state index is -0.614. The first kappa shape index (κ1) is 14.6. The van der Waals surface area contributed by atoms with Crippen molar-refractivity contribution in [2.75, 3.05) is 0 Å². The van der Waals surface area contributed by atoms with Gasteiger partial charge in [-0.05, 0) is 19.3 Å². The number of aliphatic hydroxyl groups is 1. The minimum absolute atomic E-state index is 0.0985. The molecule has 1 heterocycles. The second-order valence-electron chi connectivity index (χ2n) is 4.87. The number of carbonyl (C=O) groups excluding carboxylic acids is 1. The zero-order chi connectivity index (χ0) is 13.7. The maximum absolute atomic E-state index is 11.7. The lowest BCUT2D eigenvalue weighted by Gasteiger charge is -2.17. The third-order valence-electron chi connectivity index (χ3n) is 2.98. The zero-order valence-corrected chi connectivity index (χ0v) is 11.4. The molecule has 6 nitrogen and oxygen atoms in total. The highest BCUT2D eigenvalue weighted by Gasteiger charge is 2.14. The number of aromatic nitrogens is 3. The molecule has 18 heavy (non-hydrogen) atoms. The molecule has 0 radical (unpaired) electrons.